The summed E-state index contributed by atoms with van der Waals surface area (Å²) >= 11 is 0. The highest BCUT2D eigenvalue weighted by Crippen LogP contribution is 2.49. The minimum Gasteiger partial charge on any atom is -0.453 e. The van der Waals surface area contributed by atoms with Crippen LogP contribution in [0, 0.1) is 0 Å². The third-order valence-corrected chi connectivity index (χ3v) is 6.51. The first kappa shape index (κ1) is 19.6. The van der Waals surface area contributed by atoms with Gasteiger partial charge in [-0.1, -0.05) is 97.1 Å². The first-order chi connectivity index (χ1) is 16.4. The van der Waals surface area contributed by atoms with Gasteiger partial charge in [-0.2, -0.15) is 0 Å². The lowest BCUT2D eigenvalue weighted by Crippen LogP contribution is -2.31. The van der Waals surface area contributed by atoms with E-state index in [0.717, 1.165) is 35.7 Å². The van der Waals surface area contributed by atoms with Crippen LogP contribution in [0.4, 0.5) is 11.4 Å². The van der Waals surface area contributed by atoms with Crippen LogP contribution in [0.3, 0.4) is 0 Å². The molecule has 0 fully saturated rings. The highest BCUT2D eigenvalue weighted by atomic mass is 16.5. The van der Waals surface area contributed by atoms with Crippen molar-refractivity contribution in [1.29, 1.82) is 0 Å². The van der Waals surface area contributed by atoms with Crippen molar-refractivity contribution in [2.75, 3.05) is 4.90 Å². The Hall–Kier alpha value is -4.04. The second-order valence-corrected chi connectivity index (χ2v) is 8.50. The maximum absolute atomic E-state index is 6.23. The molecule has 4 aromatic rings. The van der Waals surface area contributed by atoms with Gasteiger partial charge in [0.2, 0.25) is 0 Å². The van der Waals surface area contributed by atoms with E-state index >= 15 is 0 Å². The standard InChI is InChI=1S/C31H25NO/c1-3-11-23(12-4-1)26-21-19-25(20-22-27(26)24-13-5-2-6-14-24)32-28-15-7-9-17-30(28)33-31-18-10-8-16-29(31)32/h1-19,21,25H,20,22H2. The minimum absolute atomic E-state index is 0.219. The van der Waals surface area contributed by atoms with Gasteiger partial charge in [0, 0.05) is 0 Å². The van der Waals surface area contributed by atoms with Crippen LogP contribution in [0.5, 0.6) is 11.5 Å². The Morgan fingerprint density at radius 1 is 0.606 bits per heavy atom. The predicted molar refractivity (Wildman–Crippen MR) is 137 cm³/mol. The van der Waals surface area contributed by atoms with E-state index in [0.29, 0.717) is 0 Å². The van der Waals surface area contributed by atoms with Crippen molar-refractivity contribution in [2.24, 2.45) is 0 Å². The number of allylic oxidation sites excluding steroid dienone is 3. The summed E-state index contributed by atoms with van der Waals surface area (Å²) < 4.78 is 6.23. The lowest BCUT2D eigenvalue weighted by molar-refractivity contribution is 0.468. The molecule has 6 rings (SSSR count). The Morgan fingerprint density at radius 2 is 1.15 bits per heavy atom. The van der Waals surface area contributed by atoms with Gasteiger partial charge in [0.05, 0.1) is 17.4 Å². The van der Waals surface area contributed by atoms with E-state index in [1.54, 1.807) is 0 Å². The van der Waals surface area contributed by atoms with Crippen molar-refractivity contribution in [3.05, 3.63) is 132 Å². The van der Waals surface area contributed by atoms with Crippen LogP contribution in [-0.2, 0) is 0 Å². The Kier molecular flexibility index (Phi) is 5.04. The van der Waals surface area contributed by atoms with Crippen LogP contribution in [0.25, 0.3) is 11.1 Å². The first-order valence-corrected chi connectivity index (χ1v) is 11.6. The fourth-order valence-corrected chi connectivity index (χ4v) is 4.96. The number of ether oxygens (including phenoxy) is 1. The quantitative estimate of drug-likeness (QED) is 0.326. The SMILES string of the molecule is C1=CC(N2c3ccccc3Oc3ccccc32)CCC(c2ccccc2)=C1c1ccccc1. The Morgan fingerprint density at radius 3 is 1.79 bits per heavy atom. The summed E-state index contributed by atoms with van der Waals surface area (Å²) in [7, 11) is 0. The summed E-state index contributed by atoms with van der Waals surface area (Å²) in [6.45, 7) is 0. The van der Waals surface area contributed by atoms with Crippen LogP contribution in [0.1, 0.15) is 24.0 Å². The number of hydrogen-bond acceptors (Lipinski definition) is 2. The molecule has 4 aromatic carbocycles. The van der Waals surface area contributed by atoms with Crippen molar-refractivity contribution in [1.82, 2.24) is 0 Å². The molecule has 0 spiro atoms. The number of anilines is 2. The van der Waals surface area contributed by atoms with E-state index in [-0.39, 0.29) is 6.04 Å². The zero-order valence-electron chi connectivity index (χ0n) is 18.4. The summed E-state index contributed by atoms with van der Waals surface area (Å²) in [5, 5.41) is 0. The van der Waals surface area contributed by atoms with Crippen molar-refractivity contribution in [3.63, 3.8) is 0 Å². The Labute approximate surface area is 195 Å². The van der Waals surface area contributed by atoms with Gasteiger partial charge in [-0.25, -0.2) is 0 Å². The van der Waals surface area contributed by atoms with Gasteiger partial charge in [0.25, 0.3) is 0 Å². The van der Waals surface area contributed by atoms with E-state index in [1.807, 2.05) is 12.1 Å². The predicted octanol–water partition coefficient (Wildman–Crippen LogP) is 8.26. The maximum Gasteiger partial charge on any atom is 0.151 e. The first-order valence-electron chi connectivity index (χ1n) is 11.6. The molecule has 1 aliphatic heterocycles. The highest BCUT2D eigenvalue weighted by Gasteiger charge is 2.30. The summed E-state index contributed by atoms with van der Waals surface area (Å²) in [5.41, 5.74) is 7.50. The van der Waals surface area contributed by atoms with Crippen molar-refractivity contribution in [3.8, 4) is 11.5 Å². The van der Waals surface area contributed by atoms with Crippen molar-refractivity contribution >= 4 is 22.5 Å². The number of benzene rings is 4. The second-order valence-electron chi connectivity index (χ2n) is 8.50. The fraction of sp³-hybridized carbons (Fsp3) is 0.0968. The lowest BCUT2D eigenvalue weighted by atomic mass is 9.92. The molecular weight excluding hydrogens is 402 g/mol. The summed E-state index contributed by atoms with van der Waals surface area (Å²) in [4.78, 5) is 2.45. The van der Waals surface area contributed by atoms with Crippen LogP contribution >= 0.6 is 0 Å². The van der Waals surface area contributed by atoms with Gasteiger partial charge in [0.15, 0.2) is 11.5 Å². The third kappa shape index (κ3) is 3.64. The number of rotatable bonds is 3. The topological polar surface area (TPSA) is 12.5 Å². The molecule has 1 atom stereocenters. The Balaban J connectivity index is 1.45. The van der Waals surface area contributed by atoms with E-state index < -0.39 is 0 Å². The summed E-state index contributed by atoms with van der Waals surface area (Å²) in [6, 6.07) is 38.5. The van der Waals surface area contributed by atoms with Crippen LogP contribution in [-0.4, -0.2) is 6.04 Å². The van der Waals surface area contributed by atoms with Gasteiger partial charge >= 0.3 is 0 Å². The second kappa shape index (κ2) is 8.48. The number of fused-ring (bicyclic) bond motifs is 2. The lowest BCUT2D eigenvalue weighted by Gasteiger charge is -2.37. The van der Waals surface area contributed by atoms with Gasteiger partial charge in [-0.05, 0) is 59.4 Å². The van der Waals surface area contributed by atoms with Crippen molar-refractivity contribution in [2.45, 2.75) is 18.9 Å². The monoisotopic (exact) mass is 427 g/mol. The molecule has 0 saturated carbocycles. The van der Waals surface area contributed by atoms with Crippen molar-refractivity contribution < 1.29 is 4.74 Å². The normalized spacial score (nSPS) is 17.1. The van der Waals surface area contributed by atoms with Crippen LogP contribution in [0.15, 0.2) is 121 Å². The van der Waals surface area contributed by atoms with E-state index in [1.165, 1.54) is 22.3 Å². The smallest absolute Gasteiger partial charge is 0.151 e. The molecule has 2 aliphatic rings. The molecule has 2 heteroatoms. The molecule has 1 unspecified atom stereocenters. The van der Waals surface area contributed by atoms with Gasteiger partial charge in [-0.3, -0.25) is 0 Å². The molecule has 0 amide bonds. The summed E-state index contributed by atoms with van der Waals surface area (Å²) in [5.74, 6) is 1.82. The van der Waals surface area contributed by atoms with E-state index in [9.17, 15) is 0 Å². The summed E-state index contributed by atoms with van der Waals surface area (Å²) in [6.07, 6.45) is 6.71. The molecule has 0 bridgehead atoms. The van der Waals surface area contributed by atoms with E-state index in [2.05, 4.69) is 114 Å². The largest absolute Gasteiger partial charge is 0.453 e. The highest BCUT2D eigenvalue weighted by molar-refractivity contribution is 5.96. The molecule has 1 aliphatic carbocycles. The zero-order chi connectivity index (χ0) is 22.0. The molecule has 2 nitrogen and oxygen atoms in total. The minimum atomic E-state index is 0.219. The number of nitrogens with zero attached hydrogens (tertiary/aromatic N) is 1. The average molecular weight is 428 g/mol. The maximum atomic E-state index is 6.23. The molecule has 0 saturated heterocycles. The van der Waals surface area contributed by atoms with E-state index in [4.69, 9.17) is 4.74 Å². The number of hydrogen-bond donors (Lipinski definition) is 0. The molecular formula is C31H25NO. The molecule has 0 N–H and O–H groups in total. The van der Waals surface area contributed by atoms with Gasteiger partial charge in [-0.15, -0.1) is 0 Å². The number of para-hydroxylation sites is 4. The zero-order valence-corrected chi connectivity index (χ0v) is 18.4. The average Bonchev–Trinajstić information content (AvgIpc) is 3.11. The third-order valence-electron chi connectivity index (χ3n) is 6.51. The molecule has 33 heavy (non-hydrogen) atoms. The van der Waals surface area contributed by atoms with Gasteiger partial charge < -0.3 is 9.64 Å². The van der Waals surface area contributed by atoms with Gasteiger partial charge in [0.1, 0.15) is 0 Å². The Bertz CT molecular complexity index is 1290. The van der Waals surface area contributed by atoms with Crippen LogP contribution < -0.4 is 9.64 Å². The fourth-order valence-electron chi connectivity index (χ4n) is 4.96. The molecule has 0 radical (unpaired) electrons. The molecule has 0 aromatic heterocycles. The molecule has 1 heterocycles. The molecule has 160 valence electrons. The van der Waals surface area contributed by atoms with Crippen LogP contribution in [0.2, 0.25) is 0 Å².